The standard InChI is InChI=1S/C31H62NO8P/c1-6-8-10-11-12-13-14-15-16-17-18-19-20-22-23-30(33)37-27-29(40-31(34)24-21-9-7-2)28-39-41(35,36)38-26-25-32(3,4)5/h29H,6-28H2,1-5H3/p+1/t29-/m1/s1. The van der Waals surface area contributed by atoms with E-state index >= 15 is 0 Å². The van der Waals surface area contributed by atoms with Gasteiger partial charge in [-0.05, 0) is 12.8 Å². The van der Waals surface area contributed by atoms with Crippen LogP contribution in [0.5, 0.6) is 0 Å². The van der Waals surface area contributed by atoms with Crippen molar-refractivity contribution in [2.45, 2.75) is 142 Å². The lowest BCUT2D eigenvalue weighted by molar-refractivity contribution is -0.870. The molecule has 244 valence electrons. The summed E-state index contributed by atoms with van der Waals surface area (Å²) < 4.78 is 33.6. The molecule has 0 radical (unpaired) electrons. The molecule has 0 fully saturated rings. The molecule has 10 heteroatoms. The minimum absolute atomic E-state index is 0.0347. The number of phosphoric ester groups is 1. The van der Waals surface area contributed by atoms with Gasteiger partial charge in [-0.3, -0.25) is 18.6 Å². The second-order valence-corrected chi connectivity index (χ2v) is 13.7. The molecular formula is C31H63NO8P+. The van der Waals surface area contributed by atoms with Crippen molar-refractivity contribution in [3.8, 4) is 0 Å². The first-order chi connectivity index (χ1) is 19.5. The number of quaternary nitrogens is 1. The van der Waals surface area contributed by atoms with E-state index in [0.29, 0.717) is 23.9 Å². The Hall–Kier alpha value is -0.990. The van der Waals surface area contributed by atoms with E-state index in [2.05, 4.69) is 6.92 Å². The summed E-state index contributed by atoms with van der Waals surface area (Å²) in [6.07, 6.45) is 19.5. The largest absolute Gasteiger partial charge is 0.472 e. The molecule has 0 aromatic carbocycles. The van der Waals surface area contributed by atoms with E-state index in [4.69, 9.17) is 18.5 Å². The van der Waals surface area contributed by atoms with Crippen LogP contribution in [0.15, 0.2) is 0 Å². The van der Waals surface area contributed by atoms with Gasteiger partial charge < -0.3 is 18.9 Å². The van der Waals surface area contributed by atoms with Gasteiger partial charge in [0.25, 0.3) is 0 Å². The van der Waals surface area contributed by atoms with Gasteiger partial charge in [0, 0.05) is 12.8 Å². The summed E-state index contributed by atoms with van der Waals surface area (Å²) in [6, 6.07) is 0. The summed E-state index contributed by atoms with van der Waals surface area (Å²) in [5.41, 5.74) is 0. The molecule has 2 atom stereocenters. The Labute approximate surface area is 251 Å². The normalized spacial score (nSPS) is 14.0. The molecule has 0 aliphatic heterocycles. The van der Waals surface area contributed by atoms with Crippen LogP contribution in [-0.2, 0) is 32.7 Å². The number of ether oxygens (including phenoxy) is 2. The van der Waals surface area contributed by atoms with Crippen LogP contribution in [0.4, 0.5) is 0 Å². The lowest BCUT2D eigenvalue weighted by atomic mass is 10.0. The van der Waals surface area contributed by atoms with Gasteiger partial charge >= 0.3 is 19.8 Å². The fourth-order valence-electron chi connectivity index (χ4n) is 4.25. The predicted octanol–water partition coefficient (Wildman–Crippen LogP) is 7.73. The van der Waals surface area contributed by atoms with Gasteiger partial charge in [-0.25, -0.2) is 4.57 Å². The van der Waals surface area contributed by atoms with Gasteiger partial charge in [0.1, 0.15) is 19.8 Å². The third-order valence-corrected chi connectivity index (χ3v) is 7.87. The molecule has 0 bridgehead atoms. The Morgan fingerprint density at radius 3 is 1.61 bits per heavy atom. The topological polar surface area (TPSA) is 108 Å². The first kappa shape index (κ1) is 40.0. The fourth-order valence-corrected chi connectivity index (χ4v) is 4.99. The monoisotopic (exact) mass is 608 g/mol. The molecule has 0 rings (SSSR count). The highest BCUT2D eigenvalue weighted by Gasteiger charge is 2.27. The zero-order valence-corrected chi connectivity index (χ0v) is 27.9. The van der Waals surface area contributed by atoms with Crippen molar-refractivity contribution in [2.24, 2.45) is 0 Å². The van der Waals surface area contributed by atoms with Gasteiger partial charge in [0.15, 0.2) is 6.10 Å². The van der Waals surface area contributed by atoms with Gasteiger partial charge in [-0.15, -0.1) is 0 Å². The maximum Gasteiger partial charge on any atom is 0.472 e. The number of nitrogens with zero attached hydrogens (tertiary/aromatic N) is 1. The van der Waals surface area contributed by atoms with Crippen LogP contribution in [0.3, 0.4) is 0 Å². The number of esters is 2. The Kier molecular flexibility index (Phi) is 24.9. The van der Waals surface area contributed by atoms with Crippen LogP contribution in [0.1, 0.15) is 136 Å². The Morgan fingerprint density at radius 1 is 0.659 bits per heavy atom. The van der Waals surface area contributed by atoms with Crippen molar-refractivity contribution in [1.82, 2.24) is 0 Å². The quantitative estimate of drug-likeness (QED) is 0.0398. The number of unbranched alkanes of at least 4 members (excludes halogenated alkanes) is 15. The van der Waals surface area contributed by atoms with Crippen molar-refractivity contribution < 1.29 is 42.1 Å². The van der Waals surface area contributed by atoms with Gasteiger partial charge in [-0.1, -0.05) is 110 Å². The highest BCUT2D eigenvalue weighted by Crippen LogP contribution is 2.43. The van der Waals surface area contributed by atoms with E-state index in [9.17, 15) is 19.0 Å². The molecule has 0 aromatic rings. The zero-order valence-electron chi connectivity index (χ0n) is 27.0. The summed E-state index contributed by atoms with van der Waals surface area (Å²) in [4.78, 5) is 34.5. The maximum atomic E-state index is 12.3. The van der Waals surface area contributed by atoms with E-state index in [0.717, 1.165) is 32.1 Å². The summed E-state index contributed by atoms with van der Waals surface area (Å²) >= 11 is 0. The second kappa shape index (κ2) is 25.5. The van der Waals surface area contributed by atoms with Crippen LogP contribution < -0.4 is 0 Å². The minimum atomic E-state index is -4.34. The third kappa shape index (κ3) is 28.9. The number of carbonyl (C=O) groups is 2. The average molecular weight is 609 g/mol. The molecule has 0 saturated heterocycles. The van der Waals surface area contributed by atoms with Gasteiger partial charge in [0.2, 0.25) is 0 Å². The van der Waals surface area contributed by atoms with Gasteiger partial charge in [-0.2, -0.15) is 0 Å². The predicted molar refractivity (Wildman–Crippen MR) is 165 cm³/mol. The van der Waals surface area contributed by atoms with E-state index in [1.807, 2.05) is 28.1 Å². The molecule has 0 amide bonds. The number of hydrogen-bond acceptors (Lipinski definition) is 7. The number of carbonyl (C=O) groups excluding carboxylic acids is 2. The van der Waals surface area contributed by atoms with Crippen molar-refractivity contribution in [3.05, 3.63) is 0 Å². The molecule has 0 aromatic heterocycles. The summed E-state index contributed by atoms with van der Waals surface area (Å²) in [6.45, 7) is 4.21. The second-order valence-electron chi connectivity index (χ2n) is 12.2. The van der Waals surface area contributed by atoms with Crippen molar-refractivity contribution >= 4 is 19.8 Å². The molecule has 9 nitrogen and oxygen atoms in total. The Bertz CT molecular complexity index is 698. The summed E-state index contributed by atoms with van der Waals surface area (Å²) in [5.74, 6) is -0.823. The molecule has 1 N–H and O–H groups in total. The fraction of sp³-hybridized carbons (Fsp3) is 0.935. The maximum absolute atomic E-state index is 12.3. The zero-order chi connectivity index (χ0) is 30.8. The van der Waals surface area contributed by atoms with Crippen LogP contribution >= 0.6 is 7.82 Å². The number of phosphoric acid groups is 1. The molecule has 41 heavy (non-hydrogen) atoms. The van der Waals surface area contributed by atoms with Crippen LogP contribution in [0.2, 0.25) is 0 Å². The Balaban J connectivity index is 4.22. The molecule has 0 aliphatic rings. The third-order valence-electron chi connectivity index (χ3n) is 6.89. The smallest absolute Gasteiger partial charge is 0.462 e. The summed E-state index contributed by atoms with van der Waals surface area (Å²) in [5, 5.41) is 0. The van der Waals surface area contributed by atoms with Crippen LogP contribution in [-0.4, -0.2) is 74.9 Å². The SMILES string of the molecule is CCCCCCCCCCCCCCCCC(=O)OC[C@H](COP(=O)(O)OCC[N+](C)(C)C)OC(=O)CCCCC. The van der Waals surface area contributed by atoms with Crippen LogP contribution in [0.25, 0.3) is 0 Å². The Morgan fingerprint density at radius 2 is 1.10 bits per heavy atom. The van der Waals surface area contributed by atoms with E-state index in [-0.39, 0.29) is 25.6 Å². The highest BCUT2D eigenvalue weighted by molar-refractivity contribution is 7.47. The molecule has 0 aliphatic carbocycles. The van der Waals surface area contributed by atoms with E-state index < -0.39 is 26.5 Å². The van der Waals surface area contributed by atoms with Crippen molar-refractivity contribution in [3.63, 3.8) is 0 Å². The van der Waals surface area contributed by atoms with Crippen molar-refractivity contribution in [1.29, 1.82) is 0 Å². The van der Waals surface area contributed by atoms with Crippen LogP contribution in [0, 0.1) is 0 Å². The molecular weight excluding hydrogens is 545 g/mol. The lowest BCUT2D eigenvalue weighted by Crippen LogP contribution is -2.37. The first-order valence-corrected chi connectivity index (χ1v) is 17.8. The number of hydrogen-bond donors (Lipinski definition) is 1. The molecule has 1 unspecified atom stereocenters. The lowest BCUT2D eigenvalue weighted by Gasteiger charge is -2.24. The number of rotatable bonds is 29. The molecule has 0 heterocycles. The van der Waals surface area contributed by atoms with E-state index in [1.54, 1.807) is 0 Å². The number of likely N-dealkylation sites (N-methyl/N-ethyl adjacent to an activating group) is 1. The summed E-state index contributed by atoms with van der Waals surface area (Å²) in [7, 11) is 1.48. The minimum Gasteiger partial charge on any atom is -0.462 e. The van der Waals surface area contributed by atoms with Gasteiger partial charge in [0.05, 0.1) is 27.7 Å². The molecule has 0 spiro atoms. The van der Waals surface area contributed by atoms with Crippen molar-refractivity contribution in [2.75, 3.05) is 47.5 Å². The highest BCUT2D eigenvalue weighted by atomic mass is 31.2. The average Bonchev–Trinajstić information content (AvgIpc) is 2.89. The van der Waals surface area contributed by atoms with E-state index in [1.165, 1.54) is 70.6 Å². The molecule has 0 saturated carbocycles. The first-order valence-electron chi connectivity index (χ1n) is 16.3.